The third-order valence-electron chi connectivity index (χ3n) is 11.4. The Bertz CT molecular complexity index is 1600. The fourth-order valence-electron chi connectivity index (χ4n) is 7.05. The van der Waals surface area contributed by atoms with Crippen molar-refractivity contribution in [2.24, 2.45) is 0 Å². The van der Waals surface area contributed by atoms with Gasteiger partial charge in [0.05, 0.1) is 46.1 Å². The monoisotopic (exact) mass is 953 g/mol. The Kier molecular flexibility index (Phi) is 34.4. The summed E-state index contributed by atoms with van der Waals surface area (Å²) in [4.78, 5) is 35.6. The molecule has 1 unspecified atom stereocenters. The lowest BCUT2D eigenvalue weighted by atomic mass is 10.0. The number of carbonyl (C=O) groups excluding carboxylic acids is 2. The van der Waals surface area contributed by atoms with E-state index in [0.717, 1.165) is 64.2 Å². The molecule has 0 spiro atoms. The highest BCUT2D eigenvalue weighted by atomic mass is 31.2. The van der Waals surface area contributed by atoms with Crippen LogP contribution >= 0.6 is 7.82 Å². The first-order chi connectivity index (χ1) is 31.5. The van der Waals surface area contributed by atoms with Crippen LogP contribution in [0.15, 0.2) is 53.0 Å². The molecule has 13 nitrogen and oxygen atoms in total. The normalized spacial score (nSPS) is 15.3. The summed E-state index contributed by atoms with van der Waals surface area (Å²) < 4.78 is 40.4. The van der Waals surface area contributed by atoms with Crippen LogP contribution in [0.4, 0.5) is 0 Å². The maximum Gasteiger partial charge on any atom is 0.472 e. The molecule has 5 atom stereocenters. The van der Waals surface area contributed by atoms with Gasteiger partial charge in [-0.2, -0.15) is 0 Å². The van der Waals surface area contributed by atoms with Crippen molar-refractivity contribution in [1.82, 2.24) is 0 Å². The molecule has 0 amide bonds. The lowest BCUT2D eigenvalue weighted by Crippen LogP contribution is -2.37. The van der Waals surface area contributed by atoms with Gasteiger partial charge in [-0.3, -0.25) is 18.6 Å². The van der Waals surface area contributed by atoms with Crippen LogP contribution in [0.2, 0.25) is 0 Å². The Labute approximate surface area is 398 Å². The number of phosphoric ester groups is 1. The molecule has 0 aromatic carbocycles. The molecule has 0 aliphatic heterocycles. The van der Waals surface area contributed by atoms with Crippen LogP contribution in [-0.2, 0) is 45.5 Å². The van der Waals surface area contributed by atoms with Gasteiger partial charge in [-0.1, -0.05) is 146 Å². The quantitative estimate of drug-likeness (QED) is 0.0160. The van der Waals surface area contributed by atoms with E-state index in [1.807, 2.05) is 21.1 Å². The average molecular weight is 953 g/mol. The first-order valence-corrected chi connectivity index (χ1v) is 26.5. The van der Waals surface area contributed by atoms with Crippen LogP contribution in [0.25, 0.3) is 0 Å². The Hall–Kier alpha value is -2.87. The van der Waals surface area contributed by atoms with Crippen LogP contribution in [-0.4, -0.2) is 109 Å². The van der Waals surface area contributed by atoms with E-state index in [2.05, 4.69) is 27.7 Å². The maximum atomic E-state index is 12.8. The molecule has 0 radical (unpaired) electrons. The molecule has 1 rings (SSSR count). The van der Waals surface area contributed by atoms with Crippen LogP contribution in [0.5, 0.6) is 0 Å². The van der Waals surface area contributed by atoms with Crippen molar-refractivity contribution in [3.8, 4) is 0 Å². The van der Waals surface area contributed by atoms with Gasteiger partial charge in [0, 0.05) is 25.7 Å². The molecule has 0 fully saturated rings. The number of hydrogen-bond acceptors (Lipinski definition) is 11. The second-order valence-corrected chi connectivity index (χ2v) is 20.1. The van der Waals surface area contributed by atoms with Crippen molar-refractivity contribution in [2.75, 3.05) is 47.5 Å². The zero-order valence-corrected chi connectivity index (χ0v) is 42.9. The lowest BCUT2D eigenvalue weighted by molar-refractivity contribution is -0.870. The molecule has 1 heterocycles. The number of aryl methyl sites for hydroxylation is 2. The van der Waals surface area contributed by atoms with Gasteiger partial charge in [-0.05, 0) is 63.5 Å². The number of allylic oxidation sites excluding steroid dienone is 6. The van der Waals surface area contributed by atoms with Crippen molar-refractivity contribution >= 4 is 19.8 Å². The number of nitrogens with zero attached hydrogens (tertiary/aromatic N) is 1. The molecule has 4 N–H and O–H groups in total. The number of carbonyl (C=O) groups is 2. The number of esters is 2. The number of unbranched alkanes of at least 4 members (excludes halogenated alkanes) is 13. The highest BCUT2D eigenvalue weighted by Gasteiger charge is 2.27. The summed E-state index contributed by atoms with van der Waals surface area (Å²) in [5, 5.41) is 30.7. The number of ether oxygens (including phenoxy) is 2. The number of phosphoric acid groups is 1. The number of quaternary nitrogens is 1. The minimum absolute atomic E-state index is 0.0389. The molecule has 0 bridgehead atoms. The topological polar surface area (TPSA) is 182 Å². The fraction of sp³-hybridized carbons (Fsp3) is 0.731. The largest absolute Gasteiger partial charge is 0.472 e. The minimum Gasteiger partial charge on any atom is -0.466 e. The van der Waals surface area contributed by atoms with E-state index in [0.29, 0.717) is 17.4 Å². The van der Waals surface area contributed by atoms with Gasteiger partial charge >= 0.3 is 19.8 Å². The van der Waals surface area contributed by atoms with Crippen molar-refractivity contribution in [1.29, 1.82) is 0 Å². The zero-order chi connectivity index (χ0) is 49.1. The third-order valence-corrected chi connectivity index (χ3v) is 12.4. The van der Waals surface area contributed by atoms with E-state index in [1.165, 1.54) is 80.1 Å². The first-order valence-electron chi connectivity index (χ1n) is 25.1. The predicted octanol–water partition coefficient (Wildman–Crippen LogP) is 10.8. The highest BCUT2D eigenvalue weighted by molar-refractivity contribution is 7.47. The summed E-state index contributed by atoms with van der Waals surface area (Å²) in [5.74, 6) is 1.20. The minimum atomic E-state index is -4.49. The van der Waals surface area contributed by atoms with Crippen LogP contribution < -0.4 is 0 Å². The number of aliphatic hydroxyl groups is 3. The summed E-state index contributed by atoms with van der Waals surface area (Å²) in [7, 11) is 1.24. The number of rotatable bonds is 41. The van der Waals surface area contributed by atoms with Crippen molar-refractivity contribution < 1.29 is 61.8 Å². The Morgan fingerprint density at radius 1 is 0.636 bits per heavy atom. The standard InChI is InChI=1S/C52H90NO12P/c1-8-10-24-31-45(54)32-26-20-18-19-21-27-33-47(55)48(56)34-30-38-52(58)64-46(42-63-66(59,60)62-40-39-53(5,6)7)41-61-51(57)37-29-23-17-15-13-12-14-16-22-28-36-50-44(4)43(3)49(65-50)35-25-11-9-2/h18-21,26-27,32-33,45-48,54-56H,8-17,22-25,28-31,34-42H2,1-7H3/p+1/b20-18-,21-19+,32-26+,33-27+/t45-,46+,47-,48-/m0/s1. The van der Waals surface area contributed by atoms with E-state index < -0.39 is 50.8 Å². The Balaban J connectivity index is 2.43. The number of hydrogen-bond donors (Lipinski definition) is 4. The molecule has 380 valence electrons. The van der Waals surface area contributed by atoms with E-state index in [9.17, 15) is 34.4 Å². The van der Waals surface area contributed by atoms with Gasteiger partial charge in [-0.25, -0.2) is 4.57 Å². The van der Waals surface area contributed by atoms with Crippen molar-refractivity contribution in [2.45, 2.75) is 200 Å². The van der Waals surface area contributed by atoms with Gasteiger partial charge in [0.1, 0.15) is 31.3 Å². The Morgan fingerprint density at radius 2 is 1.15 bits per heavy atom. The number of likely N-dealkylation sites (N-methyl/N-ethyl adjacent to an activating group) is 1. The maximum absolute atomic E-state index is 12.8. The number of aliphatic hydroxyl groups excluding tert-OH is 3. The van der Waals surface area contributed by atoms with E-state index in [1.54, 1.807) is 42.5 Å². The van der Waals surface area contributed by atoms with Gasteiger partial charge in [-0.15, -0.1) is 0 Å². The second-order valence-electron chi connectivity index (χ2n) is 18.7. The molecule has 1 aromatic heterocycles. The Morgan fingerprint density at radius 3 is 1.74 bits per heavy atom. The smallest absolute Gasteiger partial charge is 0.466 e. The second kappa shape index (κ2) is 37.1. The van der Waals surface area contributed by atoms with Gasteiger partial charge < -0.3 is 38.6 Å². The lowest BCUT2D eigenvalue weighted by Gasteiger charge is -2.24. The van der Waals surface area contributed by atoms with Crippen molar-refractivity contribution in [3.05, 3.63) is 71.3 Å². The van der Waals surface area contributed by atoms with Gasteiger partial charge in [0.25, 0.3) is 0 Å². The van der Waals surface area contributed by atoms with E-state index in [-0.39, 0.29) is 38.9 Å². The molecule has 14 heteroatoms. The van der Waals surface area contributed by atoms with Crippen molar-refractivity contribution in [3.63, 3.8) is 0 Å². The predicted molar refractivity (Wildman–Crippen MR) is 264 cm³/mol. The van der Waals surface area contributed by atoms with E-state index >= 15 is 0 Å². The molecular formula is C52H91NO12P+. The molecule has 0 saturated heterocycles. The average Bonchev–Trinajstić information content (AvgIpc) is 3.53. The summed E-state index contributed by atoms with van der Waals surface area (Å²) >= 11 is 0. The van der Waals surface area contributed by atoms with Crippen LogP contribution in [0, 0.1) is 13.8 Å². The number of furan rings is 1. The molecule has 0 aliphatic rings. The van der Waals surface area contributed by atoms with E-state index in [4.69, 9.17) is 22.9 Å². The van der Waals surface area contributed by atoms with Gasteiger partial charge in [0.15, 0.2) is 6.10 Å². The fourth-order valence-corrected chi connectivity index (χ4v) is 7.79. The highest BCUT2D eigenvalue weighted by Crippen LogP contribution is 2.43. The van der Waals surface area contributed by atoms with Crippen LogP contribution in [0.1, 0.15) is 171 Å². The third kappa shape index (κ3) is 32.8. The van der Waals surface area contributed by atoms with Crippen LogP contribution in [0.3, 0.4) is 0 Å². The zero-order valence-electron chi connectivity index (χ0n) is 42.0. The molecule has 0 aliphatic carbocycles. The molecule has 0 saturated carbocycles. The summed E-state index contributed by atoms with van der Waals surface area (Å²) in [6.07, 6.45) is 30.6. The molecular weight excluding hydrogens is 862 g/mol. The first kappa shape index (κ1) is 61.1. The molecule has 66 heavy (non-hydrogen) atoms. The summed E-state index contributed by atoms with van der Waals surface area (Å²) in [6, 6.07) is 0. The summed E-state index contributed by atoms with van der Waals surface area (Å²) in [6.45, 7) is 8.24. The molecule has 1 aromatic rings. The summed E-state index contributed by atoms with van der Waals surface area (Å²) in [5.41, 5.74) is 2.66. The SMILES string of the molecule is CCCCCc1oc(CCCCCCCCCCCCC(=O)OC[C@H](COP(=O)(O)OCC[N+](C)(C)C)OC(=O)CCC[C@H](O)[C@@H](O)/C=C/C=C/C=C\C=C\[C@@H](O)CCCCC)c(C)c1C. The van der Waals surface area contributed by atoms with Gasteiger partial charge in [0.2, 0.25) is 0 Å².